The Balaban J connectivity index is 2.97. The van der Waals surface area contributed by atoms with Gasteiger partial charge in [-0.3, -0.25) is 4.79 Å². The highest BCUT2D eigenvalue weighted by atomic mass is 32.2. The van der Waals surface area contributed by atoms with E-state index < -0.39 is 9.84 Å². The normalized spacial score (nSPS) is 11.8. The number of hydrogen-bond acceptors (Lipinski definition) is 3. The number of sulfone groups is 1. The highest BCUT2D eigenvalue weighted by Crippen LogP contribution is 2.18. The number of carbonyl (C=O) groups excluding carboxylic acids is 1. The number of ketones is 1. The SMILES string of the molecule is CCCS(=O)(=O)c1ccc(C(=O)C(CC)CC)cc1. The maximum absolute atomic E-state index is 12.1. The molecule has 0 unspecified atom stereocenters. The molecule has 4 heteroatoms. The number of rotatable bonds is 7. The fourth-order valence-corrected chi connectivity index (χ4v) is 3.43. The van der Waals surface area contributed by atoms with Crippen LogP contribution in [0.2, 0.25) is 0 Å². The number of benzene rings is 1. The summed E-state index contributed by atoms with van der Waals surface area (Å²) in [6.45, 7) is 5.82. The van der Waals surface area contributed by atoms with Gasteiger partial charge in [0.15, 0.2) is 15.6 Å². The zero-order valence-electron chi connectivity index (χ0n) is 11.8. The summed E-state index contributed by atoms with van der Waals surface area (Å²) in [5.41, 5.74) is 0.601. The second-order valence-corrected chi connectivity index (χ2v) is 6.83. The van der Waals surface area contributed by atoms with E-state index in [1.807, 2.05) is 20.8 Å². The quantitative estimate of drug-likeness (QED) is 0.719. The van der Waals surface area contributed by atoms with Crippen LogP contribution in [0.4, 0.5) is 0 Å². The van der Waals surface area contributed by atoms with Gasteiger partial charge in [-0.15, -0.1) is 0 Å². The van der Waals surface area contributed by atoms with Crippen LogP contribution in [0.5, 0.6) is 0 Å². The van der Waals surface area contributed by atoms with Crippen molar-refractivity contribution in [1.29, 1.82) is 0 Å². The molecule has 3 nitrogen and oxygen atoms in total. The monoisotopic (exact) mass is 282 g/mol. The van der Waals surface area contributed by atoms with Crippen molar-refractivity contribution in [1.82, 2.24) is 0 Å². The van der Waals surface area contributed by atoms with E-state index in [2.05, 4.69) is 0 Å². The van der Waals surface area contributed by atoms with Crippen LogP contribution < -0.4 is 0 Å². The summed E-state index contributed by atoms with van der Waals surface area (Å²) >= 11 is 0. The Hall–Kier alpha value is -1.16. The Morgan fingerprint density at radius 3 is 2.00 bits per heavy atom. The molecule has 1 aromatic carbocycles. The Bertz CT molecular complexity index is 511. The molecule has 106 valence electrons. The van der Waals surface area contributed by atoms with Crippen molar-refractivity contribution < 1.29 is 13.2 Å². The van der Waals surface area contributed by atoms with Gasteiger partial charge in [0, 0.05) is 11.5 Å². The summed E-state index contributed by atoms with van der Waals surface area (Å²) in [6.07, 6.45) is 2.22. The standard InChI is InChI=1S/C15H22O3S/c1-4-11-19(17,18)14-9-7-13(8-10-14)15(16)12(5-2)6-3/h7-10,12H,4-6,11H2,1-3H3. The molecule has 0 N–H and O–H groups in total. The topological polar surface area (TPSA) is 51.2 Å². The van der Waals surface area contributed by atoms with Gasteiger partial charge in [-0.05, 0) is 31.4 Å². The maximum atomic E-state index is 12.1. The van der Waals surface area contributed by atoms with Gasteiger partial charge in [0.05, 0.1) is 10.6 Å². The second-order valence-electron chi connectivity index (χ2n) is 4.72. The summed E-state index contributed by atoms with van der Waals surface area (Å²) in [6, 6.07) is 6.34. The van der Waals surface area contributed by atoms with Crippen LogP contribution in [-0.2, 0) is 9.84 Å². The average Bonchev–Trinajstić information content (AvgIpc) is 2.40. The summed E-state index contributed by atoms with van der Waals surface area (Å²) in [4.78, 5) is 12.4. The molecule has 0 amide bonds. The van der Waals surface area contributed by atoms with E-state index in [1.54, 1.807) is 24.3 Å². The van der Waals surface area contributed by atoms with Crippen LogP contribution in [-0.4, -0.2) is 20.0 Å². The molecule has 0 aromatic heterocycles. The largest absolute Gasteiger partial charge is 0.294 e. The van der Waals surface area contributed by atoms with E-state index in [0.717, 1.165) is 12.8 Å². The Morgan fingerprint density at radius 2 is 1.58 bits per heavy atom. The summed E-state index contributed by atoms with van der Waals surface area (Å²) in [7, 11) is -3.20. The second kappa shape index (κ2) is 6.85. The first kappa shape index (κ1) is 15.9. The van der Waals surface area contributed by atoms with E-state index in [0.29, 0.717) is 16.9 Å². The summed E-state index contributed by atoms with van der Waals surface area (Å²) in [5, 5.41) is 0. The maximum Gasteiger partial charge on any atom is 0.178 e. The predicted molar refractivity (Wildman–Crippen MR) is 77.2 cm³/mol. The molecule has 19 heavy (non-hydrogen) atoms. The van der Waals surface area contributed by atoms with Gasteiger partial charge in [-0.25, -0.2) is 8.42 Å². The highest BCUT2D eigenvalue weighted by molar-refractivity contribution is 7.91. The first-order valence-corrected chi connectivity index (χ1v) is 8.48. The van der Waals surface area contributed by atoms with Crippen molar-refractivity contribution in [3.63, 3.8) is 0 Å². The average molecular weight is 282 g/mol. The lowest BCUT2D eigenvalue weighted by Crippen LogP contribution is -2.13. The lowest BCUT2D eigenvalue weighted by atomic mass is 9.93. The van der Waals surface area contributed by atoms with E-state index in [1.165, 1.54) is 0 Å². The molecule has 1 rings (SSSR count). The third kappa shape index (κ3) is 3.90. The Morgan fingerprint density at radius 1 is 1.05 bits per heavy atom. The van der Waals surface area contributed by atoms with E-state index in [4.69, 9.17) is 0 Å². The molecule has 0 aliphatic heterocycles. The smallest absolute Gasteiger partial charge is 0.178 e. The van der Waals surface area contributed by atoms with E-state index >= 15 is 0 Å². The minimum Gasteiger partial charge on any atom is -0.294 e. The summed E-state index contributed by atoms with van der Waals surface area (Å²) < 4.78 is 23.7. The van der Waals surface area contributed by atoms with E-state index in [9.17, 15) is 13.2 Å². The van der Waals surface area contributed by atoms with Crippen LogP contribution in [0.15, 0.2) is 29.2 Å². The Kier molecular flexibility index (Phi) is 5.73. The third-order valence-corrected chi connectivity index (χ3v) is 5.26. The molecule has 0 aliphatic carbocycles. The molecule has 0 saturated heterocycles. The number of carbonyl (C=O) groups is 1. The minimum absolute atomic E-state index is 0.0260. The molecule has 0 spiro atoms. The van der Waals surface area contributed by atoms with E-state index in [-0.39, 0.29) is 17.5 Å². The molecular weight excluding hydrogens is 260 g/mol. The zero-order chi connectivity index (χ0) is 14.5. The lowest BCUT2D eigenvalue weighted by Gasteiger charge is -2.11. The first-order valence-electron chi connectivity index (χ1n) is 6.83. The number of Topliss-reactive ketones (excluding diaryl/α,β-unsaturated/α-hetero) is 1. The molecule has 0 atom stereocenters. The highest BCUT2D eigenvalue weighted by Gasteiger charge is 2.18. The molecule has 0 fully saturated rings. The predicted octanol–water partition coefficient (Wildman–Crippen LogP) is 3.49. The van der Waals surface area contributed by atoms with Crippen molar-refractivity contribution in [3.8, 4) is 0 Å². The van der Waals surface area contributed by atoms with Crippen LogP contribution in [0, 0.1) is 5.92 Å². The minimum atomic E-state index is -3.20. The van der Waals surface area contributed by atoms with Gasteiger partial charge in [-0.2, -0.15) is 0 Å². The molecule has 0 saturated carbocycles. The van der Waals surface area contributed by atoms with Crippen LogP contribution in [0.3, 0.4) is 0 Å². The zero-order valence-corrected chi connectivity index (χ0v) is 12.7. The van der Waals surface area contributed by atoms with Gasteiger partial charge in [-0.1, -0.05) is 32.9 Å². The van der Waals surface area contributed by atoms with Gasteiger partial charge >= 0.3 is 0 Å². The van der Waals surface area contributed by atoms with Crippen LogP contribution >= 0.6 is 0 Å². The fourth-order valence-electron chi connectivity index (χ4n) is 2.11. The molecule has 0 heterocycles. The van der Waals surface area contributed by atoms with Crippen LogP contribution in [0.1, 0.15) is 50.4 Å². The van der Waals surface area contributed by atoms with Crippen molar-refractivity contribution in [3.05, 3.63) is 29.8 Å². The third-order valence-electron chi connectivity index (χ3n) is 3.33. The van der Waals surface area contributed by atoms with Crippen molar-refractivity contribution in [2.24, 2.45) is 5.92 Å². The van der Waals surface area contributed by atoms with Crippen molar-refractivity contribution in [2.45, 2.75) is 44.9 Å². The molecule has 0 aliphatic rings. The molecule has 1 aromatic rings. The van der Waals surface area contributed by atoms with Crippen LogP contribution in [0.25, 0.3) is 0 Å². The lowest BCUT2D eigenvalue weighted by molar-refractivity contribution is 0.0913. The molecule has 0 radical (unpaired) electrons. The van der Waals surface area contributed by atoms with Crippen molar-refractivity contribution in [2.75, 3.05) is 5.75 Å². The molecule has 0 bridgehead atoms. The van der Waals surface area contributed by atoms with Gasteiger partial charge in [0.1, 0.15) is 0 Å². The van der Waals surface area contributed by atoms with Gasteiger partial charge in [0.25, 0.3) is 0 Å². The van der Waals surface area contributed by atoms with Gasteiger partial charge in [0.2, 0.25) is 0 Å². The van der Waals surface area contributed by atoms with Crippen molar-refractivity contribution >= 4 is 15.6 Å². The summed E-state index contributed by atoms with van der Waals surface area (Å²) in [5.74, 6) is 0.273. The Labute approximate surface area is 116 Å². The fraction of sp³-hybridized carbons (Fsp3) is 0.533. The number of hydrogen-bond donors (Lipinski definition) is 0. The molecular formula is C15H22O3S. The first-order chi connectivity index (χ1) is 8.96. The van der Waals surface area contributed by atoms with Gasteiger partial charge < -0.3 is 0 Å².